The largest absolute Gasteiger partial charge is 0.493 e. The van der Waals surface area contributed by atoms with Crippen LogP contribution in [0.1, 0.15) is 16.1 Å². The molecule has 106 valence electrons. The van der Waals surface area contributed by atoms with Crippen molar-refractivity contribution in [3.8, 4) is 22.8 Å². The molecule has 1 aromatic carbocycles. The van der Waals surface area contributed by atoms with Gasteiger partial charge in [0, 0.05) is 11.6 Å². The number of aromatic carboxylic acids is 1. The molecule has 0 aliphatic heterocycles. The monoisotopic (exact) mass is 297 g/mol. The summed E-state index contributed by atoms with van der Waals surface area (Å²) in [6.07, 6.45) is 0. The van der Waals surface area contributed by atoms with E-state index in [-0.39, 0.29) is 10.8 Å². The molecular weight excluding hydrogens is 286 g/mol. The molecule has 2 rings (SSSR count). The molecule has 1 N–H and O–H groups in total. The van der Waals surface area contributed by atoms with Gasteiger partial charge in [0.1, 0.15) is 5.69 Å². The SMILES string of the molecule is COc1cc(C)c(-c2cc(C(=O)O)on2)c(Cl)c1OC. The molecule has 0 radical (unpaired) electrons. The zero-order valence-corrected chi connectivity index (χ0v) is 11.8. The van der Waals surface area contributed by atoms with E-state index in [2.05, 4.69) is 5.16 Å². The molecule has 20 heavy (non-hydrogen) atoms. The fraction of sp³-hybridized carbons (Fsp3) is 0.231. The fourth-order valence-electron chi connectivity index (χ4n) is 1.88. The highest BCUT2D eigenvalue weighted by atomic mass is 35.5. The lowest BCUT2D eigenvalue weighted by Gasteiger charge is -2.14. The number of carbonyl (C=O) groups is 1. The number of ether oxygens (including phenoxy) is 2. The number of benzene rings is 1. The molecule has 2 aromatic rings. The Balaban J connectivity index is 2.64. The highest BCUT2D eigenvalue weighted by molar-refractivity contribution is 6.35. The summed E-state index contributed by atoms with van der Waals surface area (Å²) in [7, 11) is 2.97. The summed E-state index contributed by atoms with van der Waals surface area (Å²) in [5.41, 5.74) is 1.63. The van der Waals surface area contributed by atoms with Crippen molar-refractivity contribution in [2.45, 2.75) is 6.92 Å². The molecule has 1 aromatic heterocycles. The Morgan fingerprint density at radius 3 is 2.55 bits per heavy atom. The molecule has 0 amide bonds. The van der Waals surface area contributed by atoms with Gasteiger partial charge in [-0.25, -0.2) is 4.79 Å². The minimum Gasteiger partial charge on any atom is -0.493 e. The van der Waals surface area contributed by atoms with Gasteiger partial charge in [-0.05, 0) is 18.6 Å². The first kappa shape index (κ1) is 14.2. The lowest BCUT2D eigenvalue weighted by Crippen LogP contribution is -1.96. The number of nitrogens with zero attached hydrogens (tertiary/aromatic N) is 1. The summed E-state index contributed by atoms with van der Waals surface area (Å²) < 4.78 is 15.1. The Kier molecular flexibility index (Phi) is 3.85. The Bertz CT molecular complexity index is 665. The molecule has 0 aliphatic carbocycles. The summed E-state index contributed by atoms with van der Waals surface area (Å²) in [6.45, 7) is 1.80. The Hall–Kier alpha value is -2.21. The minimum absolute atomic E-state index is 0.259. The summed E-state index contributed by atoms with van der Waals surface area (Å²) in [5.74, 6) is -0.612. The number of hydrogen-bond donors (Lipinski definition) is 1. The standard InChI is InChI=1S/C13H12ClNO5/c1-6-4-8(18-2)12(19-3)11(14)10(6)7-5-9(13(16)17)20-15-7/h4-5H,1-3H3,(H,16,17). The van der Waals surface area contributed by atoms with Gasteiger partial charge in [-0.2, -0.15) is 0 Å². The first-order valence-electron chi connectivity index (χ1n) is 5.61. The van der Waals surface area contributed by atoms with Gasteiger partial charge in [0.25, 0.3) is 0 Å². The summed E-state index contributed by atoms with van der Waals surface area (Å²) >= 11 is 6.29. The fourth-order valence-corrected chi connectivity index (χ4v) is 2.30. The van der Waals surface area contributed by atoms with Crippen molar-refractivity contribution in [3.05, 3.63) is 28.5 Å². The van der Waals surface area contributed by atoms with Crippen molar-refractivity contribution in [3.63, 3.8) is 0 Å². The third kappa shape index (κ3) is 2.30. The van der Waals surface area contributed by atoms with Gasteiger partial charge in [0.05, 0.1) is 19.2 Å². The van der Waals surface area contributed by atoms with Gasteiger partial charge in [-0.3, -0.25) is 0 Å². The number of carboxylic acid groups (broad SMARTS) is 1. The van der Waals surface area contributed by atoms with Gasteiger partial charge in [0.15, 0.2) is 11.5 Å². The molecule has 6 nitrogen and oxygen atoms in total. The van der Waals surface area contributed by atoms with Gasteiger partial charge in [-0.15, -0.1) is 0 Å². The van der Waals surface area contributed by atoms with Crippen molar-refractivity contribution >= 4 is 17.6 Å². The summed E-state index contributed by atoms with van der Waals surface area (Å²) in [6, 6.07) is 3.04. The zero-order chi connectivity index (χ0) is 14.9. The molecule has 0 saturated carbocycles. The van der Waals surface area contributed by atoms with Crippen LogP contribution in [-0.2, 0) is 0 Å². The van der Waals surface area contributed by atoms with Crippen molar-refractivity contribution in [2.24, 2.45) is 0 Å². The number of hydrogen-bond acceptors (Lipinski definition) is 5. The number of carboxylic acids is 1. The number of halogens is 1. The van der Waals surface area contributed by atoms with E-state index in [9.17, 15) is 4.79 Å². The normalized spacial score (nSPS) is 10.4. The molecule has 1 heterocycles. The molecule has 0 fully saturated rings. The van der Waals surface area contributed by atoms with Crippen LogP contribution >= 0.6 is 11.6 Å². The lowest BCUT2D eigenvalue weighted by molar-refractivity contribution is 0.0652. The molecule has 0 saturated heterocycles. The highest BCUT2D eigenvalue weighted by Crippen LogP contribution is 2.43. The topological polar surface area (TPSA) is 81.8 Å². The molecule has 0 aliphatic rings. The minimum atomic E-state index is -1.20. The second-order valence-electron chi connectivity index (χ2n) is 4.00. The summed E-state index contributed by atoms with van der Waals surface area (Å²) in [4.78, 5) is 10.8. The van der Waals surface area contributed by atoms with Crippen molar-refractivity contribution in [1.82, 2.24) is 5.16 Å². The average molecular weight is 298 g/mol. The predicted molar refractivity (Wildman–Crippen MR) is 71.7 cm³/mol. The van der Waals surface area contributed by atoms with E-state index in [1.165, 1.54) is 20.3 Å². The van der Waals surface area contributed by atoms with Crippen LogP contribution in [0.15, 0.2) is 16.7 Å². The van der Waals surface area contributed by atoms with E-state index in [0.717, 1.165) is 5.56 Å². The lowest BCUT2D eigenvalue weighted by atomic mass is 10.0. The first-order valence-corrected chi connectivity index (χ1v) is 5.98. The second-order valence-corrected chi connectivity index (χ2v) is 4.38. The number of rotatable bonds is 4. The van der Waals surface area contributed by atoms with E-state index >= 15 is 0 Å². The van der Waals surface area contributed by atoms with Crippen LogP contribution in [0, 0.1) is 6.92 Å². The Morgan fingerprint density at radius 1 is 1.35 bits per heavy atom. The van der Waals surface area contributed by atoms with Gasteiger partial charge in [-0.1, -0.05) is 16.8 Å². The van der Waals surface area contributed by atoms with Gasteiger partial charge >= 0.3 is 5.97 Å². The quantitative estimate of drug-likeness (QED) is 0.934. The predicted octanol–water partition coefficient (Wildman–Crippen LogP) is 3.02. The Morgan fingerprint density at radius 2 is 2.05 bits per heavy atom. The molecule has 7 heteroatoms. The van der Waals surface area contributed by atoms with E-state index < -0.39 is 5.97 Å². The van der Waals surface area contributed by atoms with E-state index in [1.54, 1.807) is 13.0 Å². The van der Waals surface area contributed by atoms with Crippen LogP contribution in [0.5, 0.6) is 11.5 Å². The summed E-state index contributed by atoms with van der Waals surface area (Å²) in [5, 5.41) is 12.9. The van der Waals surface area contributed by atoms with Gasteiger partial charge < -0.3 is 19.1 Å². The average Bonchev–Trinajstić information content (AvgIpc) is 2.87. The zero-order valence-electron chi connectivity index (χ0n) is 11.1. The van der Waals surface area contributed by atoms with Crippen LogP contribution in [-0.4, -0.2) is 30.5 Å². The number of aromatic nitrogens is 1. The van der Waals surface area contributed by atoms with Crippen molar-refractivity contribution in [1.29, 1.82) is 0 Å². The molecule has 0 atom stereocenters. The van der Waals surface area contributed by atoms with Crippen LogP contribution < -0.4 is 9.47 Å². The maximum Gasteiger partial charge on any atom is 0.374 e. The van der Waals surface area contributed by atoms with E-state index in [4.69, 9.17) is 30.7 Å². The number of methoxy groups -OCH3 is 2. The van der Waals surface area contributed by atoms with Crippen LogP contribution in [0.4, 0.5) is 0 Å². The van der Waals surface area contributed by atoms with Gasteiger partial charge in [0.2, 0.25) is 5.76 Å². The van der Waals surface area contributed by atoms with Crippen LogP contribution in [0.3, 0.4) is 0 Å². The molecular formula is C13H12ClNO5. The maximum absolute atomic E-state index is 10.8. The van der Waals surface area contributed by atoms with Crippen molar-refractivity contribution < 1.29 is 23.9 Å². The maximum atomic E-state index is 10.8. The molecule has 0 spiro atoms. The third-order valence-corrected chi connectivity index (χ3v) is 3.15. The van der Waals surface area contributed by atoms with Crippen LogP contribution in [0.2, 0.25) is 5.02 Å². The van der Waals surface area contributed by atoms with E-state index in [0.29, 0.717) is 22.8 Å². The molecule has 0 bridgehead atoms. The third-order valence-electron chi connectivity index (χ3n) is 2.79. The smallest absolute Gasteiger partial charge is 0.374 e. The van der Waals surface area contributed by atoms with Crippen LogP contribution in [0.25, 0.3) is 11.3 Å². The molecule has 0 unspecified atom stereocenters. The highest BCUT2D eigenvalue weighted by Gasteiger charge is 2.21. The van der Waals surface area contributed by atoms with E-state index in [1.807, 2.05) is 0 Å². The second kappa shape index (κ2) is 5.42. The number of aryl methyl sites for hydroxylation is 1. The Labute approximate surface area is 119 Å². The van der Waals surface area contributed by atoms with Crippen molar-refractivity contribution in [2.75, 3.05) is 14.2 Å². The first-order chi connectivity index (χ1) is 9.49.